The van der Waals surface area contributed by atoms with Crippen molar-refractivity contribution in [3.05, 3.63) is 69.2 Å². The van der Waals surface area contributed by atoms with Crippen molar-refractivity contribution >= 4 is 58.3 Å². The van der Waals surface area contributed by atoms with Gasteiger partial charge in [-0.05, 0) is 42.0 Å². The maximum atomic E-state index is 12.2. The summed E-state index contributed by atoms with van der Waals surface area (Å²) in [7, 11) is 0. The van der Waals surface area contributed by atoms with E-state index >= 15 is 0 Å². The number of hydrogen-bond donors (Lipinski definition) is 1. The number of benzene rings is 2. The molecule has 0 aromatic heterocycles. The Morgan fingerprint density at radius 1 is 1.08 bits per heavy atom. The molecular formula is C18H11Cl3N2O2. The van der Waals surface area contributed by atoms with E-state index in [9.17, 15) is 9.59 Å². The van der Waals surface area contributed by atoms with Crippen molar-refractivity contribution in [3.8, 4) is 6.07 Å². The van der Waals surface area contributed by atoms with Gasteiger partial charge in [0, 0.05) is 10.0 Å². The molecule has 126 valence electrons. The van der Waals surface area contributed by atoms with E-state index in [1.54, 1.807) is 30.3 Å². The highest BCUT2D eigenvalue weighted by molar-refractivity contribution is 6.36. The highest BCUT2D eigenvalue weighted by Gasteiger charge is 2.25. The number of amides is 1. The predicted octanol–water partition coefficient (Wildman–Crippen LogP) is 5.01. The Balaban J connectivity index is 2.11. The molecule has 0 bridgehead atoms. The standard InChI is InChI=1S/C18H11Cl3N2O2/c19-12-3-1-2-11(8-12)4-7-17(24)14(10-22)18(25)23-16-6-5-13(20)9-15(16)21/h1-9,14H,(H,23,25)/b7-4+. The van der Waals surface area contributed by atoms with Crippen LogP contribution in [0.5, 0.6) is 0 Å². The fourth-order valence-corrected chi connectivity index (χ4v) is 2.59. The van der Waals surface area contributed by atoms with Gasteiger partial charge in [0.2, 0.25) is 5.91 Å². The third-order valence-electron chi connectivity index (χ3n) is 3.15. The van der Waals surface area contributed by atoms with Crippen molar-refractivity contribution in [2.75, 3.05) is 5.32 Å². The molecule has 1 atom stereocenters. The lowest BCUT2D eigenvalue weighted by Gasteiger charge is -2.09. The number of anilines is 1. The van der Waals surface area contributed by atoms with Gasteiger partial charge in [-0.25, -0.2) is 0 Å². The summed E-state index contributed by atoms with van der Waals surface area (Å²) in [6.45, 7) is 0. The number of hydrogen-bond acceptors (Lipinski definition) is 3. The summed E-state index contributed by atoms with van der Waals surface area (Å²) in [4.78, 5) is 24.3. The predicted molar refractivity (Wildman–Crippen MR) is 99.7 cm³/mol. The molecule has 4 nitrogen and oxygen atoms in total. The number of allylic oxidation sites excluding steroid dienone is 1. The number of rotatable bonds is 5. The smallest absolute Gasteiger partial charge is 0.249 e. The summed E-state index contributed by atoms with van der Waals surface area (Å²) in [5, 5.41) is 12.7. The van der Waals surface area contributed by atoms with Crippen molar-refractivity contribution in [1.82, 2.24) is 0 Å². The summed E-state index contributed by atoms with van der Waals surface area (Å²) in [5.41, 5.74) is 0.946. The summed E-state index contributed by atoms with van der Waals surface area (Å²) in [5.74, 6) is -2.92. The van der Waals surface area contributed by atoms with Gasteiger partial charge in [0.25, 0.3) is 0 Å². The number of carbonyl (C=O) groups excluding carboxylic acids is 2. The molecule has 0 aliphatic heterocycles. The molecule has 0 saturated heterocycles. The van der Waals surface area contributed by atoms with Gasteiger partial charge >= 0.3 is 0 Å². The van der Waals surface area contributed by atoms with Crippen LogP contribution in [-0.4, -0.2) is 11.7 Å². The molecule has 7 heteroatoms. The summed E-state index contributed by atoms with van der Waals surface area (Å²) in [6, 6.07) is 13.0. The molecule has 25 heavy (non-hydrogen) atoms. The van der Waals surface area contributed by atoms with Crippen molar-refractivity contribution in [3.63, 3.8) is 0 Å². The molecule has 0 radical (unpaired) electrons. The van der Waals surface area contributed by atoms with Crippen LogP contribution in [0.25, 0.3) is 6.08 Å². The molecule has 1 amide bonds. The minimum absolute atomic E-state index is 0.208. The van der Waals surface area contributed by atoms with E-state index in [4.69, 9.17) is 40.1 Å². The van der Waals surface area contributed by atoms with Crippen LogP contribution in [0.3, 0.4) is 0 Å². The third kappa shape index (κ3) is 5.33. The molecule has 0 heterocycles. The number of halogens is 3. The summed E-state index contributed by atoms with van der Waals surface area (Å²) in [6.07, 6.45) is 2.66. The number of ketones is 1. The number of nitrogens with one attached hydrogen (secondary N) is 1. The van der Waals surface area contributed by atoms with Crippen LogP contribution in [0.15, 0.2) is 48.5 Å². The topological polar surface area (TPSA) is 70.0 Å². The van der Waals surface area contributed by atoms with Crippen molar-refractivity contribution in [2.24, 2.45) is 5.92 Å². The zero-order chi connectivity index (χ0) is 18.4. The highest BCUT2D eigenvalue weighted by atomic mass is 35.5. The quantitative estimate of drug-likeness (QED) is 0.573. The van der Waals surface area contributed by atoms with E-state index in [0.717, 1.165) is 0 Å². The summed E-state index contributed by atoms with van der Waals surface area (Å²) < 4.78 is 0. The SMILES string of the molecule is N#CC(C(=O)/C=C/c1cccc(Cl)c1)C(=O)Nc1ccc(Cl)cc1Cl. The van der Waals surface area contributed by atoms with Crippen LogP contribution in [0.1, 0.15) is 5.56 Å². The van der Waals surface area contributed by atoms with Crippen LogP contribution >= 0.6 is 34.8 Å². The first-order chi connectivity index (χ1) is 11.9. The Kier molecular flexibility index (Phi) is 6.60. The van der Waals surface area contributed by atoms with Crippen molar-refractivity contribution in [1.29, 1.82) is 5.26 Å². The lowest BCUT2D eigenvalue weighted by molar-refractivity contribution is -0.126. The first kappa shape index (κ1) is 19.0. The number of carbonyl (C=O) groups is 2. The fourth-order valence-electron chi connectivity index (χ4n) is 1.93. The van der Waals surface area contributed by atoms with Crippen molar-refractivity contribution < 1.29 is 9.59 Å². The molecular weight excluding hydrogens is 383 g/mol. The molecule has 2 aromatic rings. The maximum absolute atomic E-state index is 12.2. The second-order valence-corrected chi connectivity index (χ2v) is 6.25. The van der Waals surface area contributed by atoms with Crippen LogP contribution in [0, 0.1) is 17.2 Å². The molecule has 0 fully saturated rings. The Labute approximate surface area is 159 Å². The second kappa shape index (κ2) is 8.68. The first-order valence-electron chi connectivity index (χ1n) is 7.03. The van der Waals surface area contributed by atoms with E-state index in [-0.39, 0.29) is 10.7 Å². The van der Waals surface area contributed by atoms with Gasteiger partial charge in [-0.1, -0.05) is 53.0 Å². The van der Waals surface area contributed by atoms with E-state index in [1.165, 1.54) is 30.4 Å². The molecule has 2 aromatic carbocycles. The molecule has 0 spiro atoms. The largest absolute Gasteiger partial charge is 0.323 e. The molecule has 1 N–H and O–H groups in total. The van der Waals surface area contributed by atoms with Crippen LogP contribution in [0.4, 0.5) is 5.69 Å². The maximum Gasteiger partial charge on any atom is 0.249 e. The summed E-state index contributed by atoms with van der Waals surface area (Å²) >= 11 is 17.6. The highest BCUT2D eigenvalue weighted by Crippen LogP contribution is 2.25. The lowest BCUT2D eigenvalue weighted by Crippen LogP contribution is -2.27. The fraction of sp³-hybridized carbons (Fsp3) is 0.0556. The molecule has 0 aliphatic rings. The average Bonchev–Trinajstić information content (AvgIpc) is 2.56. The Hall–Kier alpha value is -2.32. The van der Waals surface area contributed by atoms with E-state index in [0.29, 0.717) is 15.6 Å². The van der Waals surface area contributed by atoms with Gasteiger partial charge in [0.1, 0.15) is 0 Å². The Bertz CT molecular complexity index is 888. The minimum atomic E-state index is -1.50. The normalized spacial score (nSPS) is 11.8. The average molecular weight is 394 g/mol. The van der Waals surface area contributed by atoms with Gasteiger partial charge in [0.15, 0.2) is 11.7 Å². The number of nitrogens with zero attached hydrogens (tertiary/aromatic N) is 1. The van der Waals surface area contributed by atoms with Crippen LogP contribution < -0.4 is 5.32 Å². The first-order valence-corrected chi connectivity index (χ1v) is 8.17. The zero-order valence-electron chi connectivity index (χ0n) is 12.7. The monoisotopic (exact) mass is 392 g/mol. The minimum Gasteiger partial charge on any atom is -0.323 e. The van der Waals surface area contributed by atoms with E-state index in [2.05, 4.69) is 5.32 Å². The van der Waals surface area contributed by atoms with E-state index in [1.807, 2.05) is 0 Å². The second-order valence-electron chi connectivity index (χ2n) is 4.97. The van der Waals surface area contributed by atoms with E-state index < -0.39 is 17.6 Å². The van der Waals surface area contributed by atoms with Gasteiger partial charge in [-0.15, -0.1) is 0 Å². The van der Waals surface area contributed by atoms with Crippen molar-refractivity contribution in [2.45, 2.75) is 0 Å². The molecule has 0 saturated carbocycles. The Morgan fingerprint density at radius 2 is 1.80 bits per heavy atom. The van der Waals surface area contributed by atoms with Gasteiger partial charge < -0.3 is 5.32 Å². The van der Waals surface area contributed by atoms with Crippen LogP contribution in [-0.2, 0) is 9.59 Å². The molecule has 0 aliphatic carbocycles. The number of nitriles is 1. The van der Waals surface area contributed by atoms with Crippen LogP contribution in [0.2, 0.25) is 15.1 Å². The molecule has 1 unspecified atom stereocenters. The zero-order valence-corrected chi connectivity index (χ0v) is 14.9. The molecule has 2 rings (SSSR count). The lowest BCUT2D eigenvalue weighted by atomic mass is 10.0. The van der Waals surface area contributed by atoms with Gasteiger partial charge in [-0.3, -0.25) is 9.59 Å². The van der Waals surface area contributed by atoms with Gasteiger partial charge in [-0.2, -0.15) is 5.26 Å². The third-order valence-corrected chi connectivity index (χ3v) is 3.94. The van der Waals surface area contributed by atoms with Gasteiger partial charge in [0.05, 0.1) is 16.8 Å². The Morgan fingerprint density at radius 3 is 2.44 bits per heavy atom.